The van der Waals surface area contributed by atoms with Crippen LogP contribution in [0.3, 0.4) is 0 Å². The fourth-order valence-electron chi connectivity index (χ4n) is 0.909. The molecule has 5 heteroatoms. The Morgan fingerprint density at radius 3 is 2.86 bits per heavy atom. The molecule has 4 nitrogen and oxygen atoms in total. The van der Waals surface area contributed by atoms with Crippen LogP contribution in [0.1, 0.15) is 37.9 Å². The number of nitrogens with two attached hydrogens (primary N) is 1. The Labute approximate surface area is 88.6 Å². The summed E-state index contributed by atoms with van der Waals surface area (Å²) in [6.07, 6.45) is 1.04. The summed E-state index contributed by atoms with van der Waals surface area (Å²) in [5.74, 6) is 3.69. The molecule has 0 amide bonds. The van der Waals surface area contributed by atoms with Crippen molar-refractivity contribution in [2.24, 2.45) is 5.73 Å². The monoisotopic (exact) mass is 215 g/mol. The first-order valence-electron chi connectivity index (χ1n) is 4.84. The summed E-state index contributed by atoms with van der Waals surface area (Å²) in [7, 11) is 0. The van der Waals surface area contributed by atoms with E-state index in [4.69, 9.17) is 10.3 Å². The SMILES string of the molecule is CC(C)c1nc(CSCCCN)no1. The molecule has 0 aromatic carbocycles. The molecular weight excluding hydrogens is 198 g/mol. The molecule has 2 N–H and O–H groups in total. The zero-order valence-corrected chi connectivity index (χ0v) is 9.51. The van der Waals surface area contributed by atoms with Crippen molar-refractivity contribution in [2.45, 2.75) is 31.9 Å². The smallest absolute Gasteiger partial charge is 0.229 e. The molecule has 1 aromatic heterocycles. The van der Waals surface area contributed by atoms with E-state index < -0.39 is 0 Å². The summed E-state index contributed by atoms with van der Waals surface area (Å²) in [5, 5.41) is 3.90. The second kappa shape index (κ2) is 6.03. The van der Waals surface area contributed by atoms with Crippen LogP contribution in [0, 0.1) is 0 Å². The average Bonchev–Trinajstić information content (AvgIpc) is 2.61. The van der Waals surface area contributed by atoms with Crippen LogP contribution in [0.5, 0.6) is 0 Å². The van der Waals surface area contributed by atoms with E-state index in [1.807, 2.05) is 13.8 Å². The first kappa shape index (κ1) is 11.5. The van der Waals surface area contributed by atoms with Crippen LogP contribution in [0.2, 0.25) is 0 Å². The number of thioether (sulfide) groups is 1. The minimum absolute atomic E-state index is 0.310. The molecule has 1 rings (SSSR count). The van der Waals surface area contributed by atoms with E-state index >= 15 is 0 Å². The van der Waals surface area contributed by atoms with Crippen LogP contribution in [0.4, 0.5) is 0 Å². The average molecular weight is 215 g/mol. The second-order valence-corrected chi connectivity index (χ2v) is 4.50. The molecule has 0 fully saturated rings. The third kappa shape index (κ3) is 3.67. The Kier molecular flexibility index (Phi) is 4.97. The molecule has 0 aliphatic heterocycles. The fourth-order valence-corrected chi connectivity index (χ4v) is 1.72. The molecule has 0 atom stereocenters. The lowest BCUT2D eigenvalue weighted by Gasteiger charge is -1.95. The first-order chi connectivity index (χ1) is 6.74. The topological polar surface area (TPSA) is 64.9 Å². The third-order valence-electron chi connectivity index (χ3n) is 1.70. The van der Waals surface area contributed by atoms with Gasteiger partial charge in [-0.1, -0.05) is 19.0 Å². The maximum atomic E-state index is 5.39. The zero-order chi connectivity index (χ0) is 10.4. The highest BCUT2D eigenvalue weighted by Crippen LogP contribution is 2.14. The van der Waals surface area contributed by atoms with Gasteiger partial charge in [0, 0.05) is 5.92 Å². The van der Waals surface area contributed by atoms with E-state index in [1.165, 1.54) is 0 Å². The first-order valence-corrected chi connectivity index (χ1v) is 5.99. The van der Waals surface area contributed by atoms with Crippen molar-refractivity contribution in [3.63, 3.8) is 0 Å². The lowest BCUT2D eigenvalue weighted by Crippen LogP contribution is -1.99. The Hall–Kier alpha value is -0.550. The molecule has 0 saturated heterocycles. The molecule has 0 aliphatic rings. The lowest BCUT2D eigenvalue weighted by molar-refractivity contribution is 0.362. The maximum absolute atomic E-state index is 5.39. The summed E-state index contributed by atoms with van der Waals surface area (Å²) in [4.78, 5) is 4.28. The fraction of sp³-hybridized carbons (Fsp3) is 0.778. The van der Waals surface area contributed by atoms with Gasteiger partial charge < -0.3 is 10.3 Å². The van der Waals surface area contributed by atoms with Crippen molar-refractivity contribution in [3.8, 4) is 0 Å². The maximum Gasteiger partial charge on any atom is 0.229 e. The summed E-state index contributed by atoms with van der Waals surface area (Å²) in [6, 6.07) is 0. The van der Waals surface area contributed by atoms with Crippen LogP contribution in [-0.4, -0.2) is 22.4 Å². The largest absolute Gasteiger partial charge is 0.339 e. The number of aromatic nitrogens is 2. The van der Waals surface area contributed by atoms with Gasteiger partial charge in [0.15, 0.2) is 5.82 Å². The number of hydrogen-bond donors (Lipinski definition) is 1. The molecule has 0 aliphatic carbocycles. The predicted octanol–water partition coefficient (Wildman–Crippen LogP) is 1.78. The molecule has 0 radical (unpaired) electrons. The Morgan fingerprint density at radius 1 is 1.50 bits per heavy atom. The Morgan fingerprint density at radius 2 is 2.29 bits per heavy atom. The molecule has 0 unspecified atom stereocenters. The molecule has 1 aromatic rings. The highest BCUT2D eigenvalue weighted by molar-refractivity contribution is 7.98. The molecule has 14 heavy (non-hydrogen) atoms. The van der Waals surface area contributed by atoms with Gasteiger partial charge in [0.05, 0.1) is 5.75 Å². The van der Waals surface area contributed by atoms with E-state index in [-0.39, 0.29) is 0 Å². The van der Waals surface area contributed by atoms with Crippen LogP contribution >= 0.6 is 11.8 Å². The van der Waals surface area contributed by atoms with Crippen LogP contribution in [-0.2, 0) is 5.75 Å². The van der Waals surface area contributed by atoms with Gasteiger partial charge in [-0.3, -0.25) is 0 Å². The van der Waals surface area contributed by atoms with Gasteiger partial charge in [-0.2, -0.15) is 16.7 Å². The highest BCUT2D eigenvalue weighted by atomic mass is 32.2. The van der Waals surface area contributed by atoms with Gasteiger partial charge in [-0.25, -0.2) is 0 Å². The van der Waals surface area contributed by atoms with Crippen LogP contribution in [0.25, 0.3) is 0 Å². The molecule has 0 bridgehead atoms. The summed E-state index contributed by atoms with van der Waals surface area (Å²) in [5.41, 5.74) is 5.39. The van der Waals surface area contributed by atoms with Gasteiger partial charge in [-0.05, 0) is 18.7 Å². The summed E-state index contributed by atoms with van der Waals surface area (Å²) >= 11 is 1.79. The van der Waals surface area contributed by atoms with Gasteiger partial charge in [0.25, 0.3) is 0 Å². The third-order valence-corrected chi connectivity index (χ3v) is 2.74. The van der Waals surface area contributed by atoms with Crippen molar-refractivity contribution >= 4 is 11.8 Å². The standard InChI is InChI=1S/C9H17N3OS/c1-7(2)9-11-8(12-13-9)6-14-5-3-4-10/h7H,3-6,10H2,1-2H3. The van der Waals surface area contributed by atoms with Crippen molar-refractivity contribution in [2.75, 3.05) is 12.3 Å². The minimum Gasteiger partial charge on any atom is -0.339 e. The van der Waals surface area contributed by atoms with E-state index in [0.717, 1.165) is 36.2 Å². The number of rotatable bonds is 6. The van der Waals surface area contributed by atoms with Crippen LogP contribution < -0.4 is 5.73 Å². The molecule has 80 valence electrons. The van der Waals surface area contributed by atoms with Gasteiger partial charge in [0.1, 0.15) is 0 Å². The zero-order valence-electron chi connectivity index (χ0n) is 8.69. The van der Waals surface area contributed by atoms with Crippen LogP contribution in [0.15, 0.2) is 4.52 Å². The van der Waals surface area contributed by atoms with Gasteiger partial charge in [-0.15, -0.1) is 0 Å². The van der Waals surface area contributed by atoms with Crippen molar-refractivity contribution in [1.82, 2.24) is 10.1 Å². The second-order valence-electron chi connectivity index (χ2n) is 3.40. The van der Waals surface area contributed by atoms with Crippen molar-refractivity contribution in [3.05, 3.63) is 11.7 Å². The minimum atomic E-state index is 0.310. The normalized spacial score (nSPS) is 11.1. The summed E-state index contributed by atoms with van der Waals surface area (Å²) < 4.78 is 5.08. The lowest BCUT2D eigenvalue weighted by atomic mass is 10.2. The van der Waals surface area contributed by atoms with Crippen molar-refractivity contribution < 1.29 is 4.52 Å². The van der Waals surface area contributed by atoms with Gasteiger partial charge >= 0.3 is 0 Å². The Bertz CT molecular complexity index is 262. The molecule has 0 spiro atoms. The van der Waals surface area contributed by atoms with Gasteiger partial charge in [0.2, 0.25) is 5.89 Å². The number of nitrogens with zero attached hydrogens (tertiary/aromatic N) is 2. The molecule has 0 saturated carbocycles. The number of hydrogen-bond acceptors (Lipinski definition) is 5. The molecular formula is C9H17N3OS. The highest BCUT2D eigenvalue weighted by Gasteiger charge is 2.08. The van der Waals surface area contributed by atoms with E-state index in [9.17, 15) is 0 Å². The Balaban J connectivity index is 2.29. The quantitative estimate of drug-likeness (QED) is 0.733. The predicted molar refractivity (Wildman–Crippen MR) is 58.2 cm³/mol. The molecule has 1 heterocycles. The summed E-state index contributed by atoms with van der Waals surface area (Å²) in [6.45, 7) is 4.83. The van der Waals surface area contributed by atoms with E-state index in [0.29, 0.717) is 5.92 Å². The van der Waals surface area contributed by atoms with E-state index in [1.54, 1.807) is 11.8 Å². The van der Waals surface area contributed by atoms with E-state index in [2.05, 4.69) is 10.1 Å². The van der Waals surface area contributed by atoms with Crippen molar-refractivity contribution in [1.29, 1.82) is 0 Å².